The summed E-state index contributed by atoms with van der Waals surface area (Å²) in [7, 11) is 1.51. The third kappa shape index (κ3) is 4.79. The molecule has 7 nitrogen and oxygen atoms in total. The lowest BCUT2D eigenvalue weighted by Gasteiger charge is -2.20. The van der Waals surface area contributed by atoms with Crippen LogP contribution < -0.4 is 10.5 Å². The third-order valence-electron chi connectivity index (χ3n) is 2.80. The maximum atomic E-state index is 12.3. The van der Waals surface area contributed by atoms with Crippen LogP contribution in [0.4, 0.5) is 0 Å². The van der Waals surface area contributed by atoms with E-state index in [-0.39, 0.29) is 30.4 Å². The molecule has 114 valence electrons. The minimum Gasteiger partial charge on any atom is -0.483 e. The summed E-state index contributed by atoms with van der Waals surface area (Å²) in [6.07, 6.45) is 0. The van der Waals surface area contributed by atoms with Gasteiger partial charge in [0.1, 0.15) is 5.75 Å². The highest BCUT2D eigenvalue weighted by Gasteiger charge is 2.21. The Kier molecular flexibility index (Phi) is 5.71. The molecule has 1 aromatic rings. The van der Waals surface area contributed by atoms with E-state index in [0.29, 0.717) is 0 Å². The number of para-hydroxylation sites is 1. The van der Waals surface area contributed by atoms with Crippen molar-refractivity contribution in [1.29, 1.82) is 0 Å². The molecule has 1 unspecified atom stereocenters. The van der Waals surface area contributed by atoms with Gasteiger partial charge in [0.05, 0.1) is 11.5 Å². The second kappa shape index (κ2) is 7.28. The van der Waals surface area contributed by atoms with Crippen LogP contribution in [0.15, 0.2) is 24.3 Å². The number of carboxylic acids is 1. The summed E-state index contributed by atoms with van der Waals surface area (Å²) in [6.45, 7) is 1.25. The fourth-order valence-corrected chi connectivity index (χ4v) is 1.70. The van der Waals surface area contributed by atoms with Crippen LogP contribution in [0.3, 0.4) is 0 Å². The van der Waals surface area contributed by atoms with Crippen molar-refractivity contribution in [2.75, 3.05) is 20.2 Å². The maximum Gasteiger partial charge on any atom is 0.308 e. The zero-order valence-corrected chi connectivity index (χ0v) is 11.9. The normalized spacial score (nSPS) is 11.5. The van der Waals surface area contributed by atoms with Crippen molar-refractivity contribution in [3.63, 3.8) is 0 Å². The van der Waals surface area contributed by atoms with Gasteiger partial charge in [-0.2, -0.15) is 0 Å². The number of carbonyl (C=O) groups excluding carboxylic acids is 2. The summed E-state index contributed by atoms with van der Waals surface area (Å²) in [5.41, 5.74) is 5.25. The van der Waals surface area contributed by atoms with E-state index in [2.05, 4.69) is 0 Å². The number of hydrogen-bond acceptors (Lipinski definition) is 4. The molecule has 0 aromatic heterocycles. The molecule has 0 saturated carbocycles. The molecule has 0 heterocycles. The lowest BCUT2D eigenvalue weighted by Crippen LogP contribution is -2.34. The van der Waals surface area contributed by atoms with Crippen LogP contribution in [0, 0.1) is 5.92 Å². The summed E-state index contributed by atoms with van der Waals surface area (Å²) in [5.74, 6) is -2.46. The molecule has 0 aliphatic carbocycles. The molecule has 0 fully saturated rings. The van der Waals surface area contributed by atoms with Crippen LogP contribution in [0.2, 0.25) is 0 Å². The quantitative estimate of drug-likeness (QED) is 0.753. The highest BCUT2D eigenvalue weighted by atomic mass is 16.5. The highest BCUT2D eigenvalue weighted by molar-refractivity contribution is 5.97. The molecule has 0 aliphatic rings. The van der Waals surface area contributed by atoms with E-state index in [9.17, 15) is 14.4 Å². The Bertz CT molecular complexity index is 544. The van der Waals surface area contributed by atoms with Gasteiger partial charge in [0.25, 0.3) is 11.8 Å². The SMILES string of the molecule is CC(CN(C)C(=O)c1ccccc1OCC(N)=O)C(=O)O. The second-order valence-electron chi connectivity index (χ2n) is 4.68. The van der Waals surface area contributed by atoms with Crippen molar-refractivity contribution in [3.8, 4) is 5.75 Å². The molecule has 2 amide bonds. The van der Waals surface area contributed by atoms with Gasteiger partial charge in [0, 0.05) is 13.6 Å². The first-order valence-corrected chi connectivity index (χ1v) is 6.31. The monoisotopic (exact) mass is 294 g/mol. The average Bonchev–Trinajstić information content (AvgIpc) is 2.44. The van der Waals surface area contributed by atoms with E-state index in [0.717, 1.165) is 0 Å². The standard InChI is InChI=1S/C14H18N2O5/c1-9(14(19)20)7-16(2)13(18)10-5-3-4-6-11(10)21-8-12(15)17/h3-6,9H,7-8H2,1-2H3,(H2,15,17)(H,19,20). The van der Waals surface area contributed by atoms with Crippen molar-refractivity contribution >= 4 is 17.8 Å². The second-order valence-corrected chi connectivity index (χ2v) is 4.68. The van der Waals surface area contributed by atoms with Gasteiger partial charge < -0.3 is 20.5 Å². The fourth-order valence-electron chi connectivity index (χ4n) is 1.70. The van der Waals surface area contributed by atoms with Crippen LogP contribution in [-0.4, -0.2) is 48.0 Å². The molecule has 0 aliphatic heterocycles. The molecule has 3 N–H and O–H groups in total. The fraction of sp³-hybridized carbons (Fsp3) is 0.357. The number of primary amides is 1. The first-order chi connectivity index (χ1) is 9.82. The predicted molar refractivity (Wildman–Crippen MR) is 74.9 cm³/mol. The molecule has 1 rings (SSSR count). The number of rotatable bonds is 7. The van der Waals surface area contributed by atoms with Gasteiger partial charge in [-0.15, -0.1) is 0 Å². The zero-order valence-electron chi connectivity index (χ0n) is 11.9. The molecule has 0 bridgehead atoms. The van der Waals surface area contributed by atoms with Gasteiger partial charge in [-0.3, -0.25) is 14.4 Å². The van der Waals surface area contributed by atoms with E-state index in [1.807, 2.05) is 0 Å². The van der Waals surface area contributed by atoms with Gasteiger partial charge >= 0.3 is 5.97 Å². The number of aliphatic carboxylic acids is 1. The van der Waals surface area contributed by atoms with E-state index in [4.69, 9.17) is 15.6 Å². The first-order valence-electron chi connectivity index (χ1n) is 6.31. The number of benzene rings is 1. The molecule has 1 atom stereocenters. The molecule has 21 heavy (non-hydrogen) atoms. The van der Waals surface area contributed by atoms with Crippen molar-refractivity contribution in [2.45, 2.75) is 6.92 Å². The van der Waals surface area contributed by atoms with E-state index in [1.165, 1.54) is 18.9 Å². The van der Waals surface area contributed by atoms with Crippen LogP contribution >= 0.6 is 0 Å². The minimum atomic E-state index is -0.979. The Morgan fingerprint density at radius 2 is 1.95 bits per heavy atom. The minimum absolute atomic E-state index is 0.0678. The molecule has 0 spiro atoms. The largest absolute Gasteiger partial charge is 0.483 e. The van der Waals surface area contributed by atoms with Crippen molar-refractivity contribution in [2.24, 2.45) is 11.7 Å². The number of carbonyl (C=O) groups is 3. The highest BCUT2D eigenvalue weighted by Crippen LogP contribution is 2.19. The molecular formula is C14H18N2O5. The van der Waals surface area contributed by atoms with E-state index < -0.39 is 17.8 Å². The lowest BCUT2D eigenvalue weighted by molar-refractivity contribution is -0.141. The van der Waals surface area contributed by atoms with Crippen LogP contribution in [0.25, 0.3) is 0 Å². The van der Waals surface area contributed by atoms with Gasteiger partial charge in [-0.25, -0.2) is 0 Å². The van der Waals surface area contributed by atoms with Crippen LogP contribution in [0.1, 0.15) is 17.3 Å². The Morgan fingerprint density at radius 1 is 1.33 bits per heavy atom. The van der Waals surface area contributed by atoms with Gasteiger partial charge in [0.15, 0.2) is 6.61 Å². The molecule has 0 radical (unpaired) electrons. The first kappa shape index (κ1) is 16.5. The summed E-state index contributed by atoms with van der Waals surface area (Å²) in [4.78, 5) is 35.2. The number of nitrogens with zero attached hydrogens (tertiary/aromatic N) is 1. The number of carboxylic acid groups (broad SMARTS) is 1. The lowest BCUT2D eigenvalue weighted by atomic mass is 10.1. The van der Waals surface area contributed by atoms with Crippen LogP contribution in [-0.2, 0) is 9.59 Å². The molecular weight excluding hydrogens is 276 g/mol. The summed E-state index contributed by atoms with van der Waals surface area (Å²) in [6, 6.07) is 6.40. The Hall–Kier alpha value is -2.57. The van der Waals surface area contributed by atoms with Crippen molar-refractivity contribution in [3.05, 3.63) is 29.8 Å². The Morgan fingerprint density at radius 3 is 2.52 bits per heavy atom. The molecule has 0 saturated heterocycles. The number of hydrogen-bond donors (Lipinski definition) is 2. The van der Waals surface area contributed by atoms with E-state index in [1.54, 1.807) is 24.3 Å². The summed E-state index contributed by atoms with van der Waals surface area (Å²) in [5, 5.41) is 8.87. The van der Waals surface area contributed by atoms with Gasteiger partial charge in [0.2, 0.25) is 0 Å². The number of ether oxygens (including phenoxy) is 1. The zero-order chi connectivity index (χ0) is 16.0. The van der Waals surface area contributed by atoms with Gasteiger partial charge in [-0.05, 0) is 12.1 Å². The average molecular weight is 294 g/mol. The van der Waals surface area contributed by atoms with Gasteiger partial charge in [-0.1, -0.05) is 19.1 Å². The maximum absolute atomic E-state index is 12.3. The topological polar surface area (TPSA) is 110 Å². The smallest absolute Gasteiger partial charge is 0.308 e. The van der Waals surface area contributed by atoms with Crippen molar-refractivity contribution in [1.82, 2.24) is 4.90 Å². The molecule has 1 aromatic carbocycles. The summed E-state index contributed by atoms with van der Waals surface area (Å²) >= 11 is 0. The van der Waals surface area contributed by atoms with Crippen LogP contribution in [0.5, 0.6) is 5.75 Å². The Labute approximate surface area is 122 Å². The van der Waals surface area contributed by atoms with Crippen molar-refractivity contribution < 1.29 is 24.2 Å². The third-order valence-corrected chi connectivity index (χ3v) is 2.80. The summed E-state index contributed by atoms with van der Waals surface area (Å²) < 4.78 is 5.18. The van der Waals surface area contributed by atoms with E-state index >= 15 is 0 Å². The number of amides is 2. The predicted octanol–water partition coefficient (Wildman–Crippen LogP) is 0.343. The Balaban J connectivity index is 2.86. The molecule has 7 heteroatoms. The number of nitrogens with two attached hydrogens (primary N) is 1.